The normalized spacial score (nSPS) is 11.3. The van der Waals surface area contributed by atoms with E-state index in [2.05, 4.69) is 20.5 Å². The van der Waals surface area contributed by atoms with E-state index in [1.54, 1.807) is 19.9 Å². The first-order valence-corrected chi connectivity index (χ1v) is 7.16. The second-order valence-electron chi connectivity index (χ2n) is 4.22. The number of rotatable bonds is 3. The number of nitrogens with one attached hydrogen (secondary N) is 2. The number of nitrogens with two attached hydrogens (primary N) is 1. The van der Waals surface area contributed by atoms with Gasteiger partial charge in [0.1, 0.15) is 5.82 Å². The quantitative estimate of drug-likeness (QED) is 0.750. The lowest BCUT2D eigenvalue weighted by molar-refractivity contribution is 0.101. The van der Waals surface area contributed by atoms with Crippen molar-refractivity contribution in [2.45, 2.75) is 18.7 Å². The summed E-state index contributed by atoms with van der Waals surface area (Å²) in [7, 11) is -3.83. The zero-order valence-corrected chi connectivity index (χ0v) is 11.7. The van der Waals surface area contributed by atoms with Gasteiger partial charge in [-0.1, -0.05) is 6.07 Å². The molecule has 0 spiro atoms. The number of nitrogens with zero attached hydrogens (tertiary/aromatic N) is 2. The summed E-state index contributed by atoms with van der Waals surface area (Å²) in [5.74, 6) is -0.0583. The zero-order chi connectivity index (χ0) is 14.9. The van der Waals surface area contributed by atoms with Gasteiger partial charge in [-0.25, -0.2) is 18.5 Å². The Morgan fingerprint density at radius 3 is 2.60 bits per heavy atom. The minimum atomic E-state index is -3.83. The van der Waals surface area contributed by atoms with Crippen LogP contribution in [0.2, 0.25) is 0 Å². The van der Waals surface area contributed by atoms with Gasteiger partial charge >= 0.3 is 0 Å². The number of anilines is 1. The number of benzene rings is 1. The third-order valence-corrected chi connectivity index (χ3v) is 3.50. The van der Waals surface area contributed by atoms with Crippen molar-refractivity contribution in [2.75, 3.05) is 5.32 Å². The molecule has 1 heterocycles. The van der Waals surface area contributed by atoms with Crippen LogP contribution in [0.5, 0.6) is 0 Å². The summed E-state index contributed by atoms with van der Waals surface area (Å²) in [5.41, 5.74) is 1.03. The van der Waals surface area contributed by atoms with Crippen LogP contribution >= 0.6 is 0 Å². The van der Waals surface area contributed by atoms with E-state index in [-0.39, 0.29) is 10.7 Å². The predicted octanol–water partition coefficient (Wildman–Crippen LogP) is 0.321. The van der Waals surface area contributed by atoms with Crippen LogP contribution in [0, 0.1) is 13.8 Å². The average molecular weight is 295 g/mol. The summed E-state index contributed by atoms with van der Waals surface area (Å²) in [6.45, 7) is 3.39. The van der Waals surface area contributed by atoms with E-state index in [1.807, 2.05) is 0 Å². The van der Waals surface area contributed by atoms with E-state index in [4.69, 9.17) is 5.14 Å². The molecule has 1 aromatic heterocycles. The number of hydrogen-bond donors (Lipinski definition) is 3. The van der Waals surface area contributed by atoms with E-state index in [0.717, 1.165) is 0 Å². The SMILES string of the molecule is Cc1nc(C(=O)Nc2cc(S(N)(=O)=O)ccc2C)n[nH]1. The van der Waals surface area contributed by atoms with Crippen molar-refractivity contribution in [1.82, 2.24) is 15.2 Å². The van der Waals surface area contributed by atoms with Gasteiger partial charge in [-0.15, -0.1) is 5.10 Å². The molecule has 0 bridgehead atoms. The van der Waals surface area contributed by atoms with Crippen molar-refractivity contribution >= 4 is 21.6 Å². The van der Waals surface area contributed by atoms with E-state index in [0.29, 0.717) is 17.1 Å². The monoisotopic (exact) mass is 295 g/mol. The second kappa shape index (κ2) is 5.02. The van der Waals surface area contributed by atoms with Crippen LogP contribution < -0.4 is 10.5 Å². The molecule has 106 valence electrons. The zero-order valence-electron chi connectivity index (χ0n) is 10.8. The van der Waals surface area contributed by atoms with Crippen molar-refractivity contribution in [3.8, 4) is 0 Å². The fourth-order valence-corrected chi connectivity index (χ4v) is 2.08. The molecule has 0 saturated carbocycles. The minimum Gasteiger partial charge on any atom is -0.319 e. The Hall–Kier alpha value is -2.26. The van der Waals surface area contributed by atoms with Gasteiger partial charge in [0.05, 0.1) is 4.90 Å². The van der Waals surface area contributed by atoms with Crippen LogP contribution in [0.4, 0.5) is 5.69 Å². The Kier molecular flexibility index (Phi) is 3.55. The van der Waals surface area contributed by atoms with Gasteiger partial charge < -0.3 is 5.32 Å². The fraction of sp³-hybridized carbons (Fsp3) is 0.182. The van der Waals surface area contributed by atoms with Gasteiger partial charge in [-0.3, -0.25) is 9.89 Å². The van der Waals surface area contributed by atoms with Crippen LogP contribution in [0.25, 0.3) is 0 Å². The molecule has 4 N–H and O–H groups in total. The number of aromatic amines is 1. The third-order valence-electron chi connectivity index (χ3n) is 2.59. The first-order chi connectivity index (χ1) is 9.27. The summed E-state index contributed by atoms with van der Waals surface area (Å²) in [6.07, 6.45) is 0. The fourth-order valence-electron chi connectivity index (χ4n) is 1.54. The molecule has 0 saturated heterocycles. The highest BCUT2D eigenvalue weighted by Crippen LogP contribution is 2.19. The highest BCUT2D eigenvalue weighted by molar-refractivity contribution is 7.89. The first-order valence-electron chi connectivity index (χ1n) is 5.61. The standard InChI is InChI=1S/C11H13N5O3S/c1-6-3-4-8(20(12,18)19)5-9(6)14-11(17)10-13-7(2)15-16-10/h3-5H,1-2H3,(H,14,17)(H2,12,18,19)(H,13,15,16). The first kappa shape index (κ1) is 14.2. The molecule has 2 rings (SSSR count). The third kappa shape index (κ3) is 3.00. The van der Waals surface area contributed by atoms with Gasteiger partial charge in [-0.05, 0) is 31.5 Å². The molecule has 20 heavy (non-hydrogen) atoms. The molecule has 2 aromatic rings. The Labute approximate surface area is 115 Å². The summed E-state index contributed by atoms with van der Waals surface area (Å²) >= 11 is 0. The Morgan fingerprint density at radius 2 is 2.05 bits per heavy atom. The smallest absolute Gasteiger partial charge is 0.295 e. The van der Waals surface area contributed by atoms with Crippen molar-refractivity contribution < 1.29 is 13.2 Å². The van der Waals surface area contributed by atoms with Gasteiger partial charge in [0.15, 0.2) is 0 Å². The van der Waals surface area contributed by atoms with E-state index >= 15 is 0 Å². The van der Waals surface area contributed by atoms with Gasteiger partial charge in [0.2, 0.25) is 15.8 Å². The number of sulfonamides is 1. The summed E-state index contributed by atoms with van der Waals surface area (Å²) < 4.78 is 22.6. The number of carbonyl (C=O) groups excluding carboxylic acids is 1. The largest absolute Gasteiger partial charge is 0.319 e. The van der Waals surface area contributed by atoms with E-state index < -0.39 is 15.9 Å². The molecule has 0 unspecified atom stereocenters. The molecule has 0 radical (unpaired) electrons. The molecule has 1 aromatic carbocycles. The molecule has 0 aliphatic carbocycles. The van der Waals surface area contributed by atoms with Crippen molar-refractivity contribution in [1.29, 1.82) is 0 Å². The number of carbonyl (C=O) groups is 1. The molecule has 1 amide bonds. The molecular formula is C11H13N5O3S. The number of hydrogen-bond acceptors (Lipinski definition) is 5. The summed E-state index contributed by atoms with van der Waals surface area (Å²) in [5, 5.41) is 13.9. The molecule has 0 fully saturated rings. The summed E-state index contributed by atoms with van der Waals surface area (Å²) in [6, 6.07) is 4.22. The number of aromatic nitrogens is 3. The molecule has 9 heteroatoms. The Morgan fingerprint density at radius 1 is 1.35 bits per heavy atom. The van der Waals surface area contributed by atoms with Crippen molar-refractivity contribution in [3.05, 3.63) is 35.4 Å². The molecule has 8 nitrogen and oxygen atoms in total. The lowest BCUT2D eigenvalue weighted by atomic mass is 10.2. The highest BCUT2D eigenvalue weighted by Gasteiger charge is 2.15. The molecular weight excluding hydrogens is 282 g/mol. The highest BCUT2D eigenvalue weighted by atomic mass is 32.2. The molecule has 0 aliphatic heterocycles. The van der Waals surface area contributed by atoms with Crippen LogP contribution in [0.15, 0.2) is 23.1 Å². The number of amides is 1. The Bertz CT molecular complexity index is 766. The van der Waals surface area contributed by atoms with Crippen LogP contribution in [0.3, 0.4) is 0 Å². The average Bonchev–Trinajstić information content (AvgIpc) is 2.77. The second-order valence-corrected chi connectivity index (χ2v) is 5.78. The lowest BCUT2D eigenvalue weighted by Crippen LogP contribution is -2.16. The lowest BCUT2D eigenvalue weighted by Gasteiger charge is -2.08. The maximum absolute atomic E-state index is 11.9. The van der Waals surface area contributed by atoms with Gasteiger partial charge in [-0.2, -0.15) is 0 Å². The topological polar surface area (TPSA) is 131 Å². The molecule has 0 atom stereocenters. The summed E-state index contributed by atoms with van der Waals surface area (Å²) in [4.78, 5) is 15.7. The van der Waals surface area contributed by atoms with Gasteiger partial charge in [0.25, 0.3) is 5.91 Å². The van der Waals surface area contributed by atoms with E-state index in [1.165, 1.54) is 12.1 Å². The number of primary sulfonamides is 1. The van der Waals surface area contributed by atoms with Crippen LogP contribution in [-0.4, -0.2) is 29.5 Å². The van der Waals surface area contributed by atoms with Gasteiger partial charge in [0, 0.05) is 5.69 Å². The molecule has 0 aliphatic rings. The number of H-pyrrole nitrogens is 1. The van der Waals surface area contributed by atoms with Crippen molar-refractivity contribution in [2.24, 2.45) is 5.14 Å². The van der Waals surface area contributed by atoms with Crippen LogP contribution in [-0.2, 0) is 10.0 Å². The van der Waals surface area contributed by atoms with Crippen LogP contribution in [0.1, 0.15) is 22.0 Å². The maximum atomic E-state index is 11.9. The van der Waals surface area contributed by atoms with E-state index in [9.17, 15) is 13.2 Å². The van der Waals surface area contributed by atoms with Crippen molar-refractivity contribution in [3.63, 3.8) is 0 Å². The predicted molar refractivity (Wildman–Crippen MR) is 71.6 cm³/mol. The maximum Gasteiger partial charge on any atom is 0.295 e. The Balaban J connectivity index is 2.31. The minimum absolute atomic E-state index is 0.0251. The number of aryl methyl sites for hydroxylation is 2.